The summed E-state index contributed by atoms with van der Waals surface area (Å²) in [5.74, 6) is 0. The maximum Gasteiger partial charge on any atom is 0.416 e. The molecular formula is C11H7F3N2O2. The molecule has 4 nitrogen and oxygen atoms in total. The second-order valence-electron chi connectivity index (χ2n) is 3.76. The molecule has 0 aliphatic carbocycles. The van der Waals surface area contributed by atoms with Crippen molar-refractivity contribution in [3.63, 3.8) is 0 Å². The number of rotatable bonds is 1. The van der Waals surface area contributed by atoms with Crippen molar-refractivity contribution in [3.05, 3.63) is 45.6 Å². The summed E-state index contributed by atoms with van der Waals surface area (Å²) in [6.45, 7) is 1.48. The molecule has 1 aromatic carbocycles. The molecule has 1 heterocycles. The molecule has 7 heteroatoms. The lowest BCUT2D eigenvalue weighted by Crippen LogP contribution is -2.05. The number of aryl methyl sites for hydroxylation is 1. The van der Waals surface area contributed by atoms with Gasteiger partial charge in [0.1, 0.15) is 6.20 Å². The van der Waals surface area contributed by atoms with Crippen LogP contribution in [0, 0.1) is 17.0 Å². The molecule has 18 heavy (non-hydrogen) atoms. The number of hydrogen-bond acceptors (Lipinski definition) is 3. The molecule has 0 aliphatic heterocycles. The minimum Gasteiger partial charge on any atom is -0.258 e. The van der Waals surface area contributed by atoms with Gasteiger partial charge in [-0.3, -0.25) is 10.1 Å². The summed E-state index contributed by atoms with van der Waals surface area (Å²) in [6.07, 6.45) is -3.48. The highest BCUT2D eigenvalue weighted by molar-refractivity contribution is 5.85. The van der Waals surface area contributed by atoms with Gasteiger partial charge in [-0.2, -0.15) is 13.2 Å². The molecule has 0 saturated carbocycles. The number of alkyl halides is 3. The number of hydrogen-bond donors (Lipinski definition) is 0. The Labute approximate surface area is 99.2 Å². The third kappa shape index (κ3) is 1.99. The largest absolute Gasteiger partial charge is 0.416 e. The molecule has 0 bridgehead atoms. The summed E-state index contributed by atoms with van der Waals surface area (Å²) in [6, 6.07) is 2.97. The van der Waals surface area contributed by atoms with Gasteiger partial charge in [0.2, 0.25) is 0 Å². The molecule has 0 unspecified atom stereocenters. The summed E-state index contributed by atoms with van der Waals surface area (Å²) in [7, 11) is 0. The summed E-state index contributed by atoms with van der Waals surface area (Å²) in [5, 5.41) is 11.0. The van der Waals surface area contributed by atoms with Gasteiger partial charge in [0, 0.05) is 10.9 Å². The van der Waals surface area contributed by atoms with E-state index in [1.54, 1.807) is 0 Å². The third-order valence-electron chi connectivity index (χ3n) is 2.64. The Kier molecular flexibility index (Phi) is 2.68. The Morgan fingerprint density at radius 3 is 2.56 bits per heavy atom. The average Bonchev–Trinajstić information content (AvgIpc) is 2.27. The van der Waals surface area contributed by atoms with Crippen molar-refractivity contribution in [3.8, 4) is 0 Å². The second-order valence-corrected chi connectivity index (χ2v) is 3.76. The first kappa shape index (κ1) is 12.3. The van der Waals surface area contributed by atoms with Gasteiger partial charge in [-0.1, -0.05) is 6.07 Å². The van der Waals surface area contributed by atoms with E-state index in [0.717, 1.165) is 18.3 Å². The van der Waals surface area contributed by atoms with E-state index in [9.17, 15) is 23.3 Å². The van der Waals surface area contributed by atoms with Gasteiger partial charge in [0.05, 0.1) is 16.0 Å². The lowest BCUT2D eigenvalue weighted by Gasteiger charge is -2.08. The fourth-order valence-electron chi connectivity index (χ4n) is 1.68. The van der Waals surface area contributed by atoms with Crippen LogP contribution in [0.3, 0.4) is 0 Å². The number of nitro groups is 1. The van der Waals surface area contributed by atoms with E-state index in [0.29, 0.717) is 10.9 Å². The molecule has 2 rings (SSSR count). The fraction of sp³-hybridized carbons (Fsp3) is 0.182. The molecule has 0 atom stereocenters. The van der Waals surface area contributed by atoms with E-state index in [4.69, 9.17) is 0 Å². The minimum absolute atomic E-state index is 0.0907. The zero-order valence-corrected chi connectivity index (χ0v) is 9.15. The maximum atomic E-state index is 12.5. The molecule has 0 spiro atoms. The lowest BCUT2D eigenvalue weighted by atomic mass is 10.1. The van der Waals surface area contributed by atoms with Gasteiger partial charge < -0.3 is 0 Å². The standard InChI is InChI=1S/C11H7F3N2O2/c1-6-8-3-2-7(11(12,13)14)4-9(8)15-5-10(6)16(17)18/h2-5H,1H3. The first-order valence-corrected chi connectivity index (χ1v) is 4.91. The quantitative estimate of drug-likeness (QED) is 0.579. The molecular weight excluding hydrogens is 249 g/mol. The van der Waals surface area contributed by atoms with Crippen LogP contribution in [-0.4, -0.2) is 9.91 Å². The van der Waals surface area contributed by atoms with E-state index in [1.165, 1.54) is 13.0 Å². The molecule has 2 aromatic rings. The number of pyridine rings is 1. The zero-order valence-electron chi connectivity index (χ0n) is 9.15. The van der Waals surface area contributed by atoms with Crippen LogP contribution in [0.5, 0.6) is 0 Å². The van der Waals surface area contributed by atoms with Crippen molar-refractivity contribution >= 4 is 16.6 Å². The highest BCUT2D eigenvalue weighted by Crippen LogP contribution is 2.33. The van der Waals surface area contributed by atoms with Crippen LogP contribution in [-0.2, 0) is 6.18 Å². The second kappa shape index (κ2) is 3.94. The molecule has 0 fully saturated rings. The highest BCUT2D eigenvalue weighted by Gasteiger charge is 2.30. The van der Waals surface area contributed by atoms with Crippen molar-refractivity contribution in [2.45, 2.75) is 13.1 Å². The number of fused-ring (bicyclic) bond motifs is 1. The van der Waals surface area contributed by atoms with Crippen molar-refractivity contribution in [1.82, 2.24) is 4.98 Å². The van der Waals surface area contributed by atoms with E-state index in [2.05, 4.69) is 4.98 Å². The van der Waals surface area contributed by atoms with Crippen molar-refractivity contribution in [2.24, 2.45) is 0 Å². The molecule has 0 radical (unpaired) electrons. The lowest BCUT2D eigenvalue weighted by molar-refractivity contribution is -0.385. The number of aromatic nitrogens is 1. The van der Waals surface area contributed by atoms with E-state index < -0.39 is 16.7 Å². The maximum absolute atomic E-state index is 12.5. The Bertz CT molecular complexity index is 638. The number of benzene rings is 1. The SMILES string of the molecule is Cc1c([N+](=O)[O-])cnc2cc(C(F)(F)F)ccc12. The van der Waals surface area contributed by atoms with Crippen LogP contribution in [0.25, 0.3) is 10.9 Å². The Balaban J connectivity index is 2.69. The van der Waals surface area contributed by atoms with Crippen molar-refractivity contribution < 1.29 is 18.1 Å². The van der Waals surface area contributed by atoms with Gasteiger partial charge >= 0.3 is 6.18 Å². The van der Waals surface area contributed by atoms with Gasteiger partial charge in [0.25, 0.3) is 5.69 Å². The van der Waals surface area contributed by atoms with E-state index >= 15 is 0 Å². The monoisotopic (exact) mass is 256 g/mol. The van der Waals surface area contributed by atoms with Crippen LogP contribution in [0.1, 0.15) is 11.1 Å². The summed E-state index contributed by atoms with van der Waals surface area (Å²) >= 11 is 0. The predicted molar refractivity (Wildman–Crippen MR) is 58.1 cm³/mol. The first-order valence-electron chi connectivity index (χ1n) is 4.91. The van der Waals surface area contributed by atoms with Gasteiger partial charge in [-0.25, -0.2) is 4.98 Å². The molecule has 0 amide bonds. The smallest absolute Gasteiger partial charge is 0.258 e. The minimum atomic E-state index is -4.45. The van der Waals surface area contributed by atoms with Crippen molar-refractivity contribution in [2.75, 3.05) is 0 Å². The van der Waals surface area contributed by atoms with Crippen LogP contribution < -0.4 is 0 Å². The van der Waals surface area contributed by atoms with Crippen LogP contribution in [0.2, 0.25) is 0 Å². The van der Waals surface area contributed by atoms with Gasteiger partial charge in [-0.15, -0.1) is 0 Å². The normalized spacial score (nSPS) is 11.8. The summed E-state index contributed by atoms with van der Waals surface area (Å²) < 4.78 is 37.5. The molecule has 1 aromatic heterocycles. The zero-order chi connectivity index (χ0) is 13.5. The number of halogens is 3. The van der Waals surface area contributed by atoms with Crippen molar-refractivity contribution in [1.29, 1.82) is 0 Å². The van der Waals surface area contributed by atoms with Gasteiger partial charge in [0.15, 0.2) is 0 Å². The van der Waals surface area contributed by atoms with E-state index in [-0.39, 0.29) is 11.2 Å². The van der Waals surface area contributed by atoms with Crippen LogP contribution in [0.4, 0.5) is 18.9 Å². The number of nitrogens with zero attached hydrogens (tertiary/aromatic N) is 2. The predicted octanol–water partition coefficient (Wildman–Crippen LogP) is 3.47. The summed E-state index contributed by atoms with van der Waals surface area (Å²) in [5.41, 5.74) is -0.635. The summed E-state index contributed by atoms with van der Waals surface area (Å²) in [4.78, 5) is 13.8. The fourth-order valence-corrected chi connectivity index (χ4v) is 1.68. The Morgan fingerprint density at radius 1 is 1.33 bits per heavy atom. The van der Waals surface area contributed by atoms with Crippen LogP contribution in [0.15, 0.2) is 24.4 Å². The molecule has 0 N–H and O–H groups in total. The Morgan fingerprint density at radius 2 is 2.00 bits per heavy atom. The highest BCUT2D eigenvalue weighted by atomic mass is 19.4. The Hall–Kier alpha value is -2.18. The third-order valence-corrected chi connectivity index (χ3v) is 2.64. The molecule has 94 valence electrons. The first-order chi connectivity index (χ1) is 8.30. The van der Waals surface area contributed by atoms with E-state index in [1.807, 2.05) is 0 Å². The van der Waals surface area contributed by atoms with Gasteiger partial charge in [-0.05, 0) is 19.1 Å². The van der Waals surface area contributed by atoms with Crippen LogP contribution >= 0.6 is 0 Å². The topological polar surface area (TPSA) is 56.0 Å². The molecule has 0 saturated heterocycles. The molecule has 0 aliphatic rings. The average molecular weight is 256 g/mol.